The number of nitro benzene ring substituents is 1. The minimum Gasteiger partial charge on any atom is -0.326 e. The molecule has 0 fully saturated rings. The number of carbonyl (C=O) groups is 1. The van der Waals surface area contributed by atoms with Crippen molar-refractivity contribution in [1.82, 2.24) is 5.43 Å². The van der Waals surface area contributed by atoms with Gasteiger partial charge in [0.2, 0.25) is 5.91 Å². The highest BCUT2D eigenvalue weighted by atomic mass is 32.3. The van der Waals surface area contributed by atoms with E-state index in [0.29, 0.717) is 25.8 Å². The zero-order chi connectivity index (χ0) is 22.6. The van der Waals surface area contributed by atoms with Crippen LogP contribution in [0.2, 0.25) is 0 Å². The third-order valence-electron chi connectivity index (χ3n) is 3.81. The lowest BCUT2D eigenvalue weighted by atomic mass is 10.1. The van der Waals surface area contributed by atoms with E-state index in [9.17, 15) is 14.9 Å². The molecule has 12 heteroatoms. The summed E-state index contributed by atoms with van der Waals surface area (Å²) in [6, 6.07) is 14.1. The number of nitrogens with two attached hydrogens (primary N) is 1. The molecular formula is C18H24N4O7S. The fourth-order valence-electron chi connectivity index (χ4n) is 2.43. The van der Waals surface area contributed by atoms with Gasteiger partial charge in [0.15, 0.2) is 0 Å². The Labute approximate surface area is 174 Å². The summed E-state index contributed by atoms with van der Waals surface area (Å²) in [6.07, 6.45) is 2.62. The summed E-state index contributed by atoms with van der Waals surface area (Å²) in [4.78, 5) is 22.2. The van der Waals surface area contributed by atoms with Gasteiger partial charge >= 0.3 is 10.4 Å². The molecule has 11 nitrogen and oxygen atoms in total. The number of anilines is 1. The molecule has 0 heterocycles. The quantitative estimate of drug-likeness (QED) is 0.168. The summed E-state index contributed by atoms with van der Waals surface area (Å²) in [5, 5.41) is 13.5. The zero-order valence-corrected chi connectivity index (χ0v) is 16.8. The molecule has 0 aromatic heterocycles. The molecule has 0 unspecified atom stereocenters. The summed E-state index contributed by atoms with van der Waals surface area (Å²) in [6.45, 7) is 0.703. The van der Waals surface area contributed by atoms with Crippen LogP contribution in [0.15, 0.2) is 48.5 Å². The summed E-state index contributed by atoms with van der Waals surface area (Å²) >= 11 is 0. The van der Waals surface area contributed by atoms with Gasteiger partial charge in [-0.25, -0.2) is 0 Å². The molecule has 0 spiro atoms. The van der Waals surface area contributed by atoms with Crippen LogP contribution in [-0.2, 0) is 28.0 Å². The lowest BCUT2D eigenvalue weighted by Crippen LogP contribution is -2.24. The molecule has 2 rings (SSSR count). The molecule has 0 bridgehead atoms. The molecule has 30 heavy (non-hydrogen) atoms. The van der Waals surface area contributed by atoms with E-state index in [-0.39, 0.29) is 11.6 Å². The van der Waals surface area contributed by atoms with Crippen molar-refractivity contribution in [3.05, 3.63) is 69.8 Å². The Morgan fingerprint density at radius 2 is 1.50 bits per heavy atom. The third-order valence-corrected chi connectivity index (χ3v) is 3.81. The summed E-state index contributed by atoms with van der Waals surface area (Å²) < 4.78 is 31.6. The number of nitrogens with one attached hydrogen (secondary N) is 2. The van der Waals surface area contributed by atoms with Gasteiger partial charge in [-0.1, -0.05) is 24.3 Å². The normalized spacial score (nSPS) is 10.6. The van der Waals surface area contributed by atoms with Crippen LogP contribution in [-0.4, -0.2) is 34.9 Å². The third kappa shape index (κ3) is 11.8. The number of benzene rings is 2. The number of rotatable bonds is 9. The predicted octanol–water partition coefficient (Wildman–Crippen LogP) is 1.91. The van der Waals surface area contributed by atoms with Crippen LogP contribution in [0.5, 0.6) is 0 Å². The van der Waals surface area contributed by atoms with Crippen LogP contribution in [0.25, 0.3) is 0 Å². The number of hydrazine groups is 1. The molecule has 0 atom stereocenters. The molecule has 1 amide bonds. The first-order chi connectivity index (χ1) is 14.1. The molecule has 164 valence electrons. The average Bonchev–Trinajstić information content (AvgIpc) is 2.66. The fourth-order valence-corrected chi connectivity index (χ4v) is 2.43. The van der Waals surface area contributed by atoms with Gasteiger partial charge < -0.3 is 5.32 Å². The number of aryl methyl sites for hydroxylation is 1. The van der Waals surface area contributed by atoms with Crippen LogP contribution < -0.4 is 16.6 Å². The van der Waals surface area contributed by atoms with Crippen LogP contribution in [0, 0.1) is 10.1 Å². The van der Waals surface area contributed by atoms with E-state index in [4.69, 9.17) is 23.4 Å². The standard InChI is InChI=1S/C18H22N4O3.H2O4S/c19-20-13-12-15-4-8-16(9-5-15)21-18(23)3-1-2-14-6-10-17(11-7-14)22(24)25;1-5(2,3)4/h4-11,20H,1-3,12-13,19H2,(H,21,23);(H2,1,2,3,4). The molecule has 0 aliphatic heterocycles. The highest BCUT2D eigenvalue weighted by molar-refractivity contribution is 7.79. The lowest BCUT2D eigenvalue weighted by molar-refractivity contribution is -0.384. The largest absolute Gasteiger partial charge is 0.394 e. The van der Waals surface area contributed by atoms with Crippen LogP contribution in [0.3, 0.4) is 0 Å². The number of non-ortho nitro benzene ring substituents is 1. The second kappa shape index (κ2) is 12.6. The monoisotopic (exact) mass is 440 g/mol. The summed E-state index contributed by atoms with van der Waals surface area (Å²) in [7, 11) is -4.67. The minimum atomic E-state index is -4.67. The number of nitro groups is 1. The van der Waals surface area contributed by atoms with Crippen LogP contribution >= 0.6 is 0 Å². The van der Waals surface area contributed by atoms with Gasteiger partial charge in [-0.3, -0.25) is 35.3 Å². The van der Waals surface area contributed by atoms with E-state index in [1.54, 1.807) is 12.1 Å². The van der Waals surface area contributed by atoms with E-state index in [0.717, 1.165) is 23.2 Å². The zero-order valence-electron chi connectivity index (χ0n) is 16.0. The number of amides is 1. The van der Waals surface area contributed by atoms with Crippen molar-refractivity contribution < 1.29 is 27.2 Å². The van der Waals surface area contributed by atoms with Crippen LogP contribution in [0.4, 0.5) is 11.4 Å². The summed E-state index contributed by atoms with van der Waals surface area (Å²) in [5.74, 6) is 5.20. The number of carbonyl (C=O) groups excluding carboxylic acids is 1. The van der Waals surface area contributed by atoms with Gasteiger partial charge in [0.1, 0.15) is 0 Å². The molecule has 0 aliphatic rings. The smallest absolute Gasteiger partial charge is 0.326 e. The molecule has 0 saturated heterocycles. The van der Waals surface area contributed by atoms with E-state index in [1.807, 2.05) is 24.3 Å². The maximum atomic E-state index is 12.0. The maximum absolute atomic E-state index is 12.0. The van der Waals surface area contributed by atoms with E-state index in [2.05, 4.69) is 10.7 Å². The van der Waals surface area contributed by atoms with Crippen molar-refractivity contribution in [2.24, 2.45) is 5.84 Å². The van der Waals surface area contributed by atoms with Crippen molar-refractivity contribution in [3.63, 3.8) is 0 Å². The first kappa shape index (κ1) is 25.1. The van der Waals surface area contributed by atoms with Gasteiger partial charge in [-0.2, -0.15) is 8.42 Å². The van der Waals surface area contributed by atoms with Crippen molar-refractivity contribution in [1.29, 1.82) is 0 Å². The first-order valence-corrected chi connectivity index (χ1v) is 10.2. The number of hydrogen-bond donors (Lipinski definition) is 5. The van der Waals surface area contributed by atoms with Crippen molar-refractivity contribution in [2.75, 3.05) is 11.9 Å². The fraction of sp³-hybridized carbons (Fsp3) is 0.278. The Balaban J connectivity index is 0.000000804. The second-order valence-electron chi connectivity index (χ2n) is 6.17. The van der Waals surface area contributed by atoms with Crippen LogP contribution in [0.1, 0.15) is 24.0 Å². The highest BCUT2D eigenvalue weighted by Crippen LogP contribution is 2.14. The average molecular weight is 440 g/mol. The van der Waals surface area contributed by atoms with Gasteiger partial charge in [-0.15, -0.1) is 0 Å². The molecule has 6 N–H and O–H groups in total. The Hall–Kier alpha value is -2.90. The Morgan fingerprint density at radius 1 is 1.00 bits per heavy atom. The number of nitrogens with zero attached hydrogens (tertiary/aromatic N) is 1. The Bertz CT molecular complexity index is 909. The van der Waals surface area contributed by atoms with Gasteiger partial charge in [0.25, 0.3) is 5.69 Å². The van der Waals surface area contributed by atoms with E-state index >= 15 is 0 Å². The Morgan fingerprint density at radius 3 is 2.00 bits per heavy atom. The van der Waals surface area contributed by atoms with Gasteiger partial charge in [0.05, 0.1) is 4.92 Å². The predicted molar refractivity (Wildman–Crippen MR) is 111 cm³/mol. The second-order valence-corrected chi connectivity index (χ2v) is 7.07. The summed E-state index contributed by atoms with van der Waals surface area (Å²) in [5.41, 5.74) is 5.58. The molecule has 0 saturated carbocycles. The molecule has 2 aromatic carbocycles. The van der Waals surface area contributed by atoms with E-state index in [1.165, 1.54) is 12.1 Å². The molecule has 0 radical (unpaired) electrons. The lowest BCUT2D eigenvalue weighted by Gasteiger charge is -2.07. The molecular weight excluding hydrogens is 416 g/mol. The molecule has 0 aliphatic carbocycles. The van der Waals surface area contributed by atoms with Crippen molar-refractivity contribution in [2.45, 2.75) is 25.7 Å². The maximum Gasteiger partial charge on any atom is 0.394 e. The highest BCUT2D eigenvalue weighted by Gasteiger charge is 2.06. The Kier molecular flexibility index (Phi) is 10.6. The van der Waals surface area contributed by atoms with Crippen molar-refractivity contribution >= 4 is 27.7 Å². The van der Waals surface area contributed by atoms with Gasteiger partial charge in [-0.05, 0) is 42.5 Å². The van der Waals surface area contributed by atoms with Crippen molar-refractivity contribution in [3.8, 4) is 0 Å². The number of hydrogen-bond acceptors (Lipinski definition) is 7. The van der Waals surface area contributed by atoms with Gasteiger partial charge in [0, 0.05) is 30.8 Å². The van der Waals surface area contributed by atoms with E-state index < -0.39 is 15.3 Å². The topological polar surface area (TPSA) is 185 Å². The molecule has 2 aromatic rings. The SMILES string of the molecule is NNCCc1ccc(NC(=O)CCCc2ccc([N+](=O)[O-])cc2)cc1.O=S(=O)(O)O. The first-order valence-electron chi connectivity index (χ1n) is 8.84. The minimum absolute atomic E-state index is 0.0433.